The van der Waals surface area contributed by atoms with E-state index in [-0.39, 0.29) is 16.8 Å². The van der Waals surface area contributed by atoms with Crippen LogP contribution in [0.3, 0.4) is 0 Å². The lowest BCUT2D eigenvalue weighted by Crippen LogP contribution is -2.39. The van der Waals surface area contributed by atoms with E-state index in [0.717, 1.165) is 30.6 Å². The van der Waals surface area contributed by atoms with Gasteiger partial charge in [-0.05, 0) is 43.2 Å². The third-order valence-electron chi connectivity index (χ3n) is 3.97. The third-order valence-corrected chi connectivity index (χ3v) is 5.05. The van der Waals surface area contributed by atoms with Crippen molar-refractivity contribution in [2.75, 3.05) is 0 Å². The minimum atomic E-state index is -0.982. The largest absolute Gasteiger partial charge is 0.477 e. The van der Waals surface area contributed by atoms with E-state index < -0.39 is 5.97 Å². The fraction of sp³-hybridized carbons (Fsp3) is 0.571. The Hall–Kier alpha value is -1.36. The molecule has 0 saturated heterocycles. The van der Waals surface area contributed by atoms with Crippen molar-refractivity contribution in [3.63, 3.8) is 0 Å². The molecule has 2 N–H and O–H groups in total. The molecule has 0 aromatic carbocycles. The minimum Gasteiger partial charge on any atom is -0.477 e. The second-order valence-corrected chi connectivity index (χ2v) is 6.49. The maximum Gasteiger partial charge on any atom is 0.345 e. The van der Waals surface area contributed by atoms with Gasteiger partial charge in [0.1, 0.15) is 4.88 Å². The summed E-state index contributed by atoms with van der Waals surface area (Å²) in [4.78, 5) is 23.5. The summed E-state index contributed by atoms with van der Waals surface area (Å²) < 4.78 is 0. The number of amides is 1. The van der Waals surface area contributed by atoms with Crippen LogP contribution in [0.2, 0.25) is 0 Å². The molecule has 3 unspecified atom stereocenters. The number of nitrogens with one attached hydrogen (secondary N) is 1. The fourth-order valence-corrected chi connectivity index (χ4v) is 3.26. The maximum absolute atomic E-state index is 12.0. The summed E-state index contributed by atoms with van der Waals surface area (Å²) >= 11 is 1.03. The molecule has 104 valence electrons. The van der Waals surface area contributed by atoms with Crippen LogP contribution >= 0.6 is 11.3 Å². The number of carbonyl (C=O) groups excluding carboxylic acids is 1. The van der Waals surface area contributed by atoms with Gasteiger partial charge >= 0.3 is 5.97 Å². The van der Waals surface area contributed by atoms with Crippen LogP contribution in [-0.2, 0) is 0 Å². The van der Waals surface area contributed by atoms with Crippen LogP contribution in [0.1, 0.15) is 52.5 Å². The Kier molecular flexibility index (Phi) is 4.24. The van der Waals surface area contributed by atoms with E-state index >= 15 is 0 Å². The van der Waals surface area contributed by atoms with Crippen LogP contribution in [0.15, 0.2) is 12.1 Å². The molecule has 19 heavy (non-hydrogen) atoms. The van der Waals surface area contributed by atoms with Gasteiger partial charge in [-0.3, -0.25) is 4.79 Å². The van der Waals surface area contributed by atoms with Gasteiger partial charge in [0, 0.05) is 6.04 Å². The van der Waals surface area contributed by atoms with Crippen molar-refractivity contribution in [2.45, 2.75) is 39.2 Å². The monoisotopic (exact) mass is 281 g/mol. The normalized spacial score (nSPS) is 26.9. The Morgan fingerprint density at radius 1 is 1.21 bits per heavy atom. The molecule has 0 bridgehead atoms. The van der Waals surface area contributed by atoms with E-state index in [1.165, 1.54) is 6.07 Å². The molecule has 0 radical (unpaired) electrons. The molecule has 1 heterocycles. The molecule has 2 rings (SSSR count). The lowest BCUT2D eigenvalue weighted by atomic mass is 9.79. The maximum atomic E-state index is 12.0. The molecule has 1 amide bonds. The zero-order valence-corrected chi connectivity index (χ0v) is 12.0. The molecule has 1 fully saturated rings. The van der Waals surface area contributed by atoms with Gasteiger partial charge in [0.25, 0.3) is 5.91 Å². The van der Waals surface area contributed by atoms with Crippen molar-refractivity contribution in [1.82, 2.24) is 5.32 Å². The lowest BCUT2D eigenvalue weighted by Gasteiger charge is -2.32. The summed E-state index contributed by atoms with van der Waals surface area (Å²) in [5.74, 6) is 0.207. The van der Waals surface area contributed by atoms with E-state index in [1.54, 1.807) is 6.07 Å². The quantitative estimate of drug-likeness (QED) is 0.895. The van der Waals surface area contributed by atoms with Gasteiger partial charge in [0.2, 0.25) is 0 Å². The van der Waals surface area contributed by atoms with E-state index in [4.69, 9.17) is 5.11 Å². The summed E-state index contributed by atoms with van der Waals surface area (Å²) in [5, 5.41) is 11.9. The second kappa shape index (κ2) is 5.74. The highest BCUT2D eigenvalue weighted by Crippen LogP contribution is 2.29. The highest BCUT2D eigenvalue weighted by atomic mass is 32.1. The van der Waals surface area contributed by atoms with Crippen molar-refractivity contribution in [1.29, 1.82) is 0 Å². The zero-order valence-electron chi connectivity index (χ0n) is 11.2. The van der Waals surface area contributed by atoms with Crippen LogP contribution < -0.4 is 5.32 Å². The standard InChI is InChI=1S/C14H19NO3S/c1-8-3-4-10(7-9(8)2)15-13(16)11-5-6-12(19-11)14(17)18/h5-6,8-10H,3-4,7H2,1-2H3,(H,15,16)(H,17,18). The van der Waals surface area contributed by atoms with Gasteiger partial charge in [0.05, 0.1) is 4.88 Å². The number of hydrogen-bond donors (Lipinski definition) is 2. The molecule has 5 heteroatoms. The summed E-state index contributed by atoms with van der Waals surface area (Å²) in [6, 6.07) is 3.28. The molecular formula is C14H19NO3S. The van der Waals surface area contributed by atoms with E-state index in [1.807, 2.05) is 0 Å². The van der Waals surface area contributed by atoms with E-state index in [9.17, 15) is 9.59 Å². The Bertz CT molecular complexity index is 483. The van der Waals surface area contributed by atoms with Gasteiger partial charge in [-0.15, -0.1) is 11.3 Å². The predicted octanol–water partition coefficient (Wildman–Crippen LogP) is 3.00. The molecule has 1 saturated carbocycles. The number of hydrogen-bond acceptors (Lipinski definition) is 3. The van der Waals surface area contributed by atoms with Crippen molar-refractivity contribution in [3.05, 3.63) is 21.9 Å². The van der Waals surface area contributed by atoms with Gasteiger partial charge in [-0.25, -0.2) is 4.79 Å². The van der Waals surface area contributed by atoms with Crippen LogP contribution in [0, 0.1) is 11.8 Å². The molecule has 4 nitrogen and oxygen atoms in total. The van der Waals surface area contributed by atoms with Crippen LogP contribution in [0.4, 0.5) is 0 Å². The third kappa shape index (κ3) is 3.35. The number of carboxylic acids is 1. The Morgan fingerprint density at radius 3 is 2.47 bits per heavy atom. The Morgan fingerprint density at radius 2 is 1.89 bits per heavy atom. The van der Waals surface area contributed by atoms with Crippen LogP contribution in [0.5, 0.6) is 0 Å². The summed E-state index contributed by atoms with van der Waals surface area (Å²) in [5.41, 5.74) is 0. The first kappa shape index (κ1) is 14.1. The smallest absolute Gasteiger partial charge is 0.345 e. The van der Waals surface area contributed by atoms with E-state index in [2.05, 4.69) is 19.2 Å². The van der Waals surface area contributed by atoms with Crippen molar-refractivity contribution in [3.8, 4) is 0 Å². The van der Waals surface area contributed by atoms with Crippen molar-refractivity contribution < 1.29 is 14.7 Å². The van der Waals surface area contributed by atoms with Crippen LogP contribution in [-0.4, -0.2) is 23.0 Å². The number of thiophene rings is 1. The number of aromatic carboxylic acids is 1. The summed E-state index contributed by atoms with van der Waals surface area (Å²) in [6.07, 6.45) is 3.15. The fourth-order valence-electron chi connectivity index (χ4n) is 2.51. The summed E-state index contributed by atoms with van der Waals surface area (Å²) in [6.45, 7) is 4.47. The lowest BCUT2D eigenvalue weighted by molar-refractivity contribution is 0.0702. The summed E-state index contributed by atoms with van der Waals surface area (Å²) in [7, 11) is 0. The van der Waals surface area contributed by atoms with Gasteiger partial charge in [-0.1, -0.05) is 13.8 Å². The number of carbonyl (C=O) groups is 2. The van der Waals surface area contributed by atoms with Gasteiger partial charge < -0.3 is 10.4 Å². The molecule has 1 aliphatic rings. The number of carboxylic acid groups (broad SMARTS) is 1. The molecule has 1 aromatic heterocycles. The van der Waals surface area contributed by atoms with Gasteiger partial charge in [-0.2, -0.15) is 0 Å². The highest BCUT2D eigenvalue weighted by Gasteiger charge is 2.26. The molecule has 1 aromatic rings. The van der Waals surface area contributed by atoms with Crippen LogP contribution in [0.25, 0.3) is 0 Å². The van der Waals surface area contributed by atoms with Crippen molar-refractivity contribution in [2.24, 2.45) is 11.8 Å². The average molecular weight is 281 g/mol. The zero-order chi connectivity index (χ0) is 14.0. The molecule has 3 atom stereocenters. The first-order valence-electron chi connectivity index (χ1n) is 6.61. The minimum absolute atomic E-state index is 0.149. The van der Waals surface area contributed by atoms with Crippen molar-refractivity contribution >= 4 is 23.2 Å². The van der Waals surface area contributed by atoms with E-state index in [0.29, 0.717) is 16.7 Å². The SMILES string of the molecule is CC1CCC(NC(=O)c2ccc(C(=O)O)s2)CC1C. The molecule has 0 aliphatic heterocycles. The van der Waals surface area contributed by atoms with Gasteiger partial charge in [0.15, 0.2) is 0 Å². The first-order chi connectivity index (χ1) is 8.97. The first-order valence-corrected chi connectivity index (χ1v) is 7.43. The average Bonchev–Trinajstić information content (AvgIpc) is 2.83. The molecule has 1 aliphatic carbocycles. The highest BCUT2D eigenvalue weighted by molar-refractivity contribution is 7.15. The Balaban J connectivity index is 1.95. The Labute approximate surface area is 116 Å². The molecular weight excluding hydrogens is 262 g/mol. The topological polar surface area (TPSA) is 66.4 Å². The second-order valence-electron chi connectivity index (χ2n) is 5.41. The molecule has 0 spiro atoms. The predicted molar refractivity (Wildman–Crippen MR) is 74.7 cm³/mol. The number of rotatable bonds is 3.